The second-order valence-corrected chi connectivity index (χ2v) is 9.79. The largest absolute Gasteiger partial charge is 0.493 e. The monoisotopic (exact) mass is 470 g/mol. The summed E-state index contributed by atoms with van der Waals surface area (Å²) in [5, 5.41) is 0. The van der Waals surface area contributed by atoms with Gasteiger partial charge in [-0.25, -0.2) is 14.4 Å². The van der Waals surface area contributed by atoms with Crippen LogP contribution in [-0.2, 0) is 6.42 Å². The lowest BCUT2D eigenvalue weighted by Gasteiger charge is -2.17. The van der Waals surface area contributed by atoms with Crippen LogP contribution in [0.25, 0.3) is 11.4 Å². The molecule has 0 aliphatic carbocycles. The van der Waals surface area contributed by atoms with Gasteiger partial charge in [0.25, 0.3) is 0 Å². The molecular formula is C30H47FN2O. The highest BCUT2D eigenvalue weighted by molar-refractivity contribution is 5.55. The standard InChI is InChI=1S/C30H47FN2O/c1-4-6-8-9-10-11-12-14-16-26-23-32-30(33-24-26)27-17-19-28(20-18-27)34-22-21-29(31)25(3)15-13-7-5-2/h17-20,23-25,29H,4-16,21-22H2,1-3H3. The van der Waals surface area contributed by atoms with Gasteiger partial charge >= 0.3 is 0 Å². The van der Waals surface area contributed by atoms with Crippen molar-refractivity contribution < 1.29 is 9.13 Å². The number of aromatic nitrogens is 2. The molecule has 4 heteroatoms. The third-order valence-corrected chi connectivity index (χ3v) is 6.68. The van der Waals surface area contributed by atoms with Gasteiger partial charge in [-0.1, -0.05) is 85.0 Å². The summed E-state index contributed by atoms with van der Waals surface area (Å²) in [7, 11) is 0. The van der Waals surface area contributed by atoms with Crippen molar-refractivity contribution in [2.24, 2.45) is 5.92 Å². The molecule has 2 atom stereocenters. The number of rotatable bonds is 19. The summed E-state index contributed by atoms with van der Waals surface area (Å²) in [4.78, 5) is 9.12. The highest BCUT2D eigenvalue weighted by Crippen LogP contribution is 2.22. The molecule has 2 unspecified atom stereocenters. The zero-order valence-corrected chi connectivity index (χ0v) is 21.9. The first-order valence-corrected chi connectivity index (χ1v) is 13.8. The lowest BCUT2D eigenvalue weighted by atomic mass is 9.97. The molecule has 0 fully saturated rings. The Morgan fingerprint density at radius 2 is 1.35 bits per heavy atom. The van der Waals surface area contributed by atoms with Crippen LogP contribution in [0.15, 0.2) is 36.7 Å². The van der Waals surface area contributed by atoms with Crippen LogP contribution in [0.3, 0.4) is 0 Å². The van der Waals surface area contributed by atoms with Crippen LogP contribution in [0, 0.1) is 5.92 Å². The van der Waals surface area contributed by atoms with Crippen molar-refractivity contribution in [1.82, 2.24) is 9.97 Å². The fourth-order valence-electron chi connectivity index (χ4n) is 4.27. The lowest BCUT2D eigenvalue weighted by molar-refractivity contribution is 0.177. The van der Waals surface area contributed by atoms with Crippen molar-refractivity contribution in [3.05, 3.63) is 42.2 Å². The second kappa shape index (κ2) is 17.5. The van der Waals surface area contributed by atoms with Crippen LogP contribution < -0.4 is 4.74 Å². The molecule has 1 heterocycles. The van der Waals surface area contributed by atoms with Crippen LogP contribution in [0.2, 0.25) is 0 Å². The highest BCUT2D eigenvalue weighted by Gasteiger charge is 2.16. The Hall–Kier alpha value is -1.97. The van der Waals surface area contributed by atoms with E-state index in [-0.39, 0.29) is 5.92 Å². The van der Waals surface area contributed by atoms with Crippen molar-refractivity contribution in [2.45, 2.75) is 117 Å². The molecule has 1 aromatic carbocycles. The van der Waals surface area contributed by atoms with E-state index in [9.17, 15) is 4.39 Å². The number of alkyl halides is 1. The number of unbranched alkanes of at least 4 members (excludes halogenated alkanes) is 9. The summed E-state index contributed by atoms with van der Waals surface area (Å²) in [6.07, 6.45) is 19.7. The quantitative estimate of drug-likeness (QED) is 0.192. The topological polar surface area (TPSA) is 35.0 Å². The van der Waals surface area contributed by atoms with Crippen LogP contribution in [0.4, 0.5) is 4.39 Å². The molecule has 3 nitrogen and oxygen atoms in total. The molecule has 1 aromatic heterocycles. The van der Waals surface area contributed by atoms with E-state index in [1.807, 2.05) is 43.6 Å². The molecule has 34 heavy (non-hydrogen) atoms. The molecule has 2 rings (SSSR count). The Bertz CT molecular complexity index is 747. The molecule has 0 saturated heterocycles. The maximum Gasteiger partial charge on any atom is 0.159 e. The van der Waals surface area contributed by atoms with Crippen molar-refractivity contribution in [2.75, 3.05) is 6.61 Å². The molecule has 2 aromatic rings. The van der Waals surface area contributed by atoms with Gasteiger partial charge in [-0.15, -0.1) is 0 Å². The van der Waals surface area contributed by atoms with Crippen molar-refractivity contribution in [1.29, 1.82) is 0 Å². The lowest BCUT2D eigenvalue weighted by Crippen LogP contribution is -2.16. The normalized spacial score (nSPS) is 13.1. The minimum atomic E-state index is -0.797. The van der Waals surface area contributed by atoms with Gasteiger partial charge in [0.2, 0.25) is 0 Å². The van der Waals surface area contributed by atoms with Gasteiger partial charge in [0.15, 0.2) is 5.82 Å². The zero-order chi connectivity index (χ0) is 24.4. The molecular weight excluding hydrogens is 423 g/mol. The van der Waals surface area contributed by atoms with Crippen molar-refractivity contribution in [3.63, 3.8) is 0 Å². The Kier molecular flexibility index (Phi) is 14.5. The average Bonchev–Trinajstić information content (AvgIpc) is 2.86. The van der Waals surface area contributed by atoms with E-state index in [1.54, 1.807) is 0 Å². The minimum absolute atomic E-state index is 0.105. The predicted molar refractivity (Wildman–Crippen MR) is 142 cm³/mol. The molecule has 0 spiro atoms. The van der Waals surface area contributed by atoms with Crippen molar-refractivity contribution >= 4 is 0 Å². The van der Waals surface area contributed by atoms with E-state index in [0.717, 1.165) is 36.4 Å². The van der Waals surface area contributed by atoms with E-state index in [0.29, 0.717) is 13.0 Å². The summed E-state index contributed by atoms with van der Waals surface area (Å²) < 4.78 is 20.1. The number of benzene rings is 1. The molecule has 0 saturated carbocycles. The van der Waals surface area contributed by atoms with Crippen LogP contribution >= 0.6 is 0 Å². The number of nitrogens with zero attached hydrogens (tertiary/aromatic N) is 2. The van der Waals surface area contributed by atoms with Gasteiger partial charge in [-0.3, -0.25) is 0 Å². The van der Waals surface area contributed by atoms with E-state index < -0.39 is 6.17 Å². The summed E-state index contributed by atoms with van der Waals surface area (Å²) in [6, 6.07) is 7.79. The highest BCUT2D eigenvalue weighted by atomic mass is 19.1. The van der Waals surface area contributed by atoms with Crippen LogP contribution in [-0.4, -0.2) is 22.7 Å². The second-order valence-electron chi connectivity index (χ2n) is 9.79. The molecule has 190 valence electrons. The van der Waals surface area contributed by atoms with Gasteiger partial charge in [0, 0.05) is 24.4 Å². The first kappa shape index (κ1) is 28.3. The number of hydrogen-bond acceptors (Lipinski definition) is 3. The summed E-state index contributed by atoms with van der Waals surface area (Å²) in [5.41, 5.74) is 2.18. The van der Waals surface area contributed by atoms with Gasteiger partial charge in [0.05, 0.1) is 6.61 Å². The number of hydrogen-bond donors (Lipinski definition) is 0. The number of ether oxygens (including phenoxy) is 1. The maximum absolute atomic E-state index is 14.3. The van der Waals surface area contributed by atoms with Crippen LogP contribution in [0.5, 0.6) is 5.75 Å². The Morgan fingerprint density at radius 3 is 2.00 bits per heavy atom. The number of halogens is 1. The molecule has 0 N–H and O–H groups in total. The van der Waals surface area contributed by atoms with Crippen molar-refractivity contribution in [3.8, 4) is 17.1 Å². The fraction of sp³-hybridized carbons (Fsp3) is 0.667. The molecule has 0 bridgehead atoms. The Labute approximate surface area is 208 Å². The maximum atomic E-state index is 14.3. The molecule has 0 aliphatic heterocycles. The summed E-state index contributed by atoms with van der Waals surface area (Å²) >= 11 is 0. The average molecular weight is 471 g/mol. The van der Waals surface area contributed by atoms with Gasteiger partial charge < -0.3 is 4.74 Å². The van der Waals surface area contributed by atoms with E-state index >= 15 is 0 Å². The van der Waals surface area contributed by atoms with Gasteiger partial charge in [-0.2, -0.15) is 0 Å². The smallest absolute Gasteiger partial charge is 0.159 e. The molecule has 0 amide bonds. The zero-order valence-electron chi connectivity index (χ0n) is 21.9. The first-order chi connectivity index (χ1) is 16.6. The third-order valence-electron chi connectivity index (χ3n) is 6.68. The molecule has 0 radical (unpaired) electrons. The SMILES string of the molecule is CCCCCCCCCCc1cnc(-c2ccc(OCCC(F)C(C)CCCCC)cc2)nc1. The van der Waals surface area contributed by atoms with Crippen LogP contribution in [0.1, 0.15) is 110 Å². The summed E-state index contributed by atoms with van der Waals surface area (Å²) in [6.45, 7) is 6.86. The minimum Gasteiger partial charge on any atom is -0.493 e. The number of aryl methyl sites for hydroxylation is 1. The third kappa shape index (κ3) is 11.4. The van der Waals surface area contributed by atoms with Gasteiger partial charge in [-0.05, 0) is 55.0 Å². The first-order valence-electron chi connectivity index (χ1n) is 13.8. The Morgan fingerprint density at radius 1 is 0.765 bits per heavy atom. The predicted octanol–water partition coefficient (Wildman–Crippen LogP) is 9.15. The molecule has 0 aliphatic rings. The fourth-order valence-corrected chi connectivity index (χ4v) is 4.27. The summed E-state index contributed by atoms with van der Waals surface area (Å²) in [5.74, 6) is 1.60. The van der Waals surface area contributed by atoms with E-state index in [2.05, 4.69) is 23.8 Å². The Balaban J connectivity index is 1.67. The van der Waals surface area contributed by atoms with Gasteiger partial charge in [0.1, 0.15) is 11.9 Å². The van der Waals surface area contributed by atoms with E-state index in [1.165, 1.54) is 69.8 Å². The van der Waals surface area contributed by atoms with E-state index in [4.69, 9.17) is 4.74 Å².